The van der Waals surface area contributed by atoms with E-state index in [0.29, 0.717) is 17.5 Å². The zero-order chi connectivity index (χ0) is 33.0. The minimum absolute atomic E-state index is 0.0640. The zero-order valence-corrected chi connectivity index (χ0v) is 27.0. The molecule has 2 aromatic heterocycles. The number of fused-ring (bicyclic) bond motifs is 6. The maximum absolute atomic E-state index is 6.56. The van der Waals surface area contributed by atoms with Gasteiger partial charge in [0, 0.05) is 44.6 Å². The molecule has 236 valence electrons. The second-order valence-corrected chi connectivity index (χ2v) is 12.8. The fraction of sp³-hybridized carbons (Fsp3) is 0.0444. The SMILES string of the molecule is C1=CC2Oc3cc(-c4nc(-c5ccccc5)nc(-c5ccccc5)n4)ccc3C2C=C1c1ccc2c(c1)c1ccccc1n2-c1ccccc1. The summed E-state index contributed by atoms with van der Waals surface area (Å²) in [6.07, 6.45) is 6.69. The largest absolute Gasteiger partial charge is 0.485 e. The first-order chi connectivity index (χ1) is 24.8. The Bertz CT molecular complexity index is 2570. The number of ether oxygens (including phenoxy) is 1. The minimum atomic E-state index is -0.0640. The van der Waals surface area contributed by atoms with Crippen LogP contribution in [0.4, 0.5) is 0 Å². The van der Waals surface area contributed by atoms with Gasteiger partial charge in [-0.05, 0) is 53.6 Å². The number of hydrogen-bond donors (Lipinski definition) is 0. The summed E-state index contributed by atoms with van der Waals surface area (Å²) in [5.74, 6) is 2.88. The molecule has 1 aliphatic carbocycles. The van der Waals surface area contributed by atoms with Crippen LogP contribution in [0.15, 0.2) is 170 Å². The quantitative estimate of drug-likeness (QED) is 0.187. The van der Waals surface area contributed by atoms with Gasteiger partial charge in [-0.15, -0.1) is 0 Å². The number of benzene rings is 6. The van der Waals surface area contributed by atoms with Crippen LogP contribution < -0.4 is 4.74 Å². The summed E-state index contributed by atoms with van der Waals surface area (Å²) in [6, 6.07) is 52.6. The van der Waals surface area contributed by atoms with Gasteiger partial charge in [-0.3, -0.25) is 0 Å². The first kappa shape index (κ1) is 28.4. The van der Waals surface area contributed by atoms with Crippen LogP contribution in [0, 0.1) is 0 Å². The van der Waals surface area contributed by atoms with Gasteiger partial charge >= 0.3 is 0 Å². The van der Waals surface area contributed by atoms with Crippen molar-refractivity contribution in [2.45, 2.75) is 12.0 Å². The summed E-state index contributed by atoms with van der Waals surface area (Å²) in [5, 5.41) is 2.49. The molecule has 0 spiro atoms. The minimum Gasteiger partial charge on any atom is -0.485 e. The van der Waals surface area contributed by atoms with Gasteiger partial charge in [0.2, 0.25) is 0 Å². The standard InChI is InChI=1S/C45H30N4O/c1-4-12-29(13-5-1)43-46-44(30-14-6-2-7-15-30)48-45(47-43)33-20-23-36-38-27-32(22-25-41(38)50-42(36)28-33)31-21-24-40-37(26-31)35-18-10-11-19-39(35)49(40)34-16-8-3-9-17-34/h1-28,38,41H. The molecule has 10 rings (SSSR count). The molecule has 0 radical (unpaired) electrons. The van der Waals surface area contributed by atoms with Gasteiger partial charge in [-0.2, -0.15) is 0 Å². The molecule has 50 heavy (non-hydrogen) atoms. The van der Waals surface area contributed by atoms with Crippen LogP contribution in [0.3, 0.4) is 0 Å². The lowest BCUT2D eigenvalue weighted by molar-refractivity contribution is 0.269. The smallest absolute Gasteiger partial charge is 0.164 e. The van der Waals surface area contributed by atoms with Gasteiger partial charge in [0.1, 0.15) is 11.9 Å². The van der Waals surface area contributed by atoms with E-state index < -0.39 is 0 Å². The van der Waals surface area contributed by atoms with Crippen LogP contribution in [-0.4, -0.2) is 25.6 Å². The van der Waals surface area contributed by atoms with Gasteiger partial charge in [0.05, 0.1) is 11.0 Å². The zero-order valence-electron chi connectivity index (χ0n) is 27.0. The van der Waals surface area contributed by atoms with E-state index in [1.807, 2.05) is 60.7 Å². The molecule has 0 saturated carbocycles. The van der Waals surface area contributed by atoms with Gasteiger partial charge < -0.3 is 9.30 Å². The molecule has 2 aliphatic rings. The molecule has 3 heterocycles. The Kier molecular flexibility index (Phi) is 6.56. The highest BCUT2D eigenvalue weighted by molar-refractivity contribution is 6.10. The third-order valence-electron chi connectivity index (χ3n) is 9.79. The second kappa shape index (κ2) is 11.5. The highest BCUT2D eigenvalue weighted by Crippen LogP contribution is 2.45. The Morgan fingerprint density at radius 2 is 1.10 bits per heavy atom. The molecule has 1 aliphatic heterocycles. The van der Waals surface area contributed by atoms with E-state index in [2.05, 4.69) is 114 Å². The summed E-state index contributed by atoms with van der Waals surface area (Å²) >= 11 is 0. The Balaban J connectivity index is 1.02. The van der Waals surface area contributed by atoms with Crippen molar-refractivity contribution in [2.24, 2.45) is 0 Å². The number of rotatable bonds is 5. The van der Waals surface area contributed by atoms with Gasteiger partial charge in [-0.1, -0.05) is 127 Å². The topological polar surface area (TPSA) is 52.8 Å². The van der Waals surface area contributed by atoms with Gasteiger partial charge in [0.25, 0.3) is 0 Å². The fourth-order valence-corrected chi connectivity index (χ4v) is 7.38. The normalized spacial score (nSPS) is 16.2. The molecule has 5 nitrogen and oxygen atoms in total. The highest BCUT2D eigenvalue weighted by Gasteiger charge is 2.34. The van der Waals surface area contributed by atoms with Crippen LogP contribution >= 0.6 is 0 Å². The third-order valence-corrected chi connectivity index (χ3v) is 9.79. The van der Waals surface area contributed by atoms with E-state index in [0.717, 1.165) is 28.1 Å². The molecule has 2 unspecified atom stereocenters. The molecule has 0 N–H and O–H groups in total. The fourth-order valence-electron chi connectivity index (χ4n) is 7.38. The van der Waals surface area contributed by atoms with Crippen molar-refractivity contribution in [1.29, 1.82) is 0 Å². The average molecular weight is 643 g/mol. The van der Waals surface area contributed by atoms with Crippen LogP contribution in [0.5, 0.6) is 5.75 Å². The molecule has 0 bridgehead atoms. The lowest BCUT2D eigenvalue weighted by Gasteiger charge is -2.19. The molecule has 0 fully saturated rings. The van der Waals surface area contributed by atoms with Crippen molar-refractivity contribution in [2.75, 3.05) is 0 Å². The van der Waals surface area contributed by atoms with Crippen molar-refractivity contribution >= 4 is 27.4 Å². The van der Waals surface area contributed by atoms with Crippen molar-refractivity contribution in [3.63, 3.8) is 0 Å². The maximum atomic E-state index is 6.56. The van der Waals surface area contributed by atoms with E-state index in [4.69, 9.17) is 19.7 Å². The van der Waals surface area contributed by atoms with Crippen molar-refractivity contribution in [1.82, 2.24) is 19.5 Å². The second-order valence-electron chi connectivity index (χ2n) is 12.8. The predicted molar refractivity (Wildman–Crippen MR) is 201 cm³/mol. The Labute approximate surface area is 289 Å². The summed E-state index contributed by atoms with van der Waals surface area (Å²) in [5.41, 5.74) is 9.92. The van der Waals surface area contributed by atoms with Crippen LogP contribution in [-0.2, 0) is 0 Å². The Hall–Kier alpha value is -6.59. The van der Waals surface area contributed by atoms with E-state index in [9.17, 15) is 0 Å². The molecule has 0 saturated heterocycles. The first-order valence-corrected chi connectivity index (χ1v) is 16.9. The summed E-state index contributed by atoms with van der Waals surface area (Å²) in [4.78, 5) is 14.7. The van der Waals surface area contributed by atoms with Crippen molar-refractivity contribution < 1.29 is 4.74 Å². The van der Waals surface area contributed by atoms with Crippen LogP contribution in [0.2, 0.25) is 0 Å². The number of aromatic nitrogens is 4. The number of nitrogens with zero attached hydrogens (tertiary/aromatic N) is 4. The number of para-hydroxylation sites is 2. The first-order valence-electron chi connectivity index (χ1n) is 16.9. The summed E-state index contributed by atoms with van der Waals surface area (Å²) < 4.78 is 8.91. The van der Waals surface area contributed by atoms with E-state index in [1.54, 1.807) is 0 Å². The molecule has 6 aromatic carbocycles. The van der Waals surface area contributed by atoms with Crippen LogP contribution in [0.25, 0.3) is 67.2 Å². The summed E-state index contributed by atoms with van der Waals surface area (Å²) in [6.45, 7) is 0. The van der Waals surface area contributed by atoms with E-state index in [1.165, 1.54) is 38.5 Å². The number of allylic oxidation sites excluding steroid dienone is 2. The van der Waals surface area contributed by atoms with Crippen LogP contribution in [0.1, 0.15) is 17.0 Å². The monoisotopic (exact) mass is 642 g/mol. The predicted octanol–water partition coefficient (Wildman–Crippen LogP) is 10.5. The molecular weight excluding hydrogens is 613 g/mol. The van der Waals surface area contributed by atoms with Gasteiger partial charge in [0.15, 0.2) is 17.5 Å². The number of hydrogen-bond acceptors (Lipinski definition) is 4. The molecular formula is C45H30N4O. The van der Waals surface area contributed by atoms with E-state index in [-0.39, 0.29) is 12.0 Å². The lowest BCUT2D eigenvalue weighted by Crippen LogP contribution is -2.16. The molecule has 0 amide bonds. The van der Waals surface area contributed by atoms with Crippen molar-refractivity contribution in [3.05, 3.63) is 181 Å². The molecule has 5 heteroatoms. The average Bonchev–Trinajstić information content (AvgIpc) is 3.73. The Morgan fingerprint density at radius 3 is 1.82 bits per heavy atom. The highest BCUT2D eigenvalue weighted by atomic mass is 16.5. The third kappa shape index (κ3) is 4.74. The van der Waals surface area contributed by atoms with Crippen molar-refractivity contribution in [3.8, 4) is 45.6 Å². The van der Waals surface area contributed by atoms with Gasteiger partial charge in [-0.25, -0.2) is 15.0 Å². The maximum Gasteiger partial charge on any atom is 0.164 e. The summed E-state index contributed by atoms with van der Waals surface area (Å²) in [7, 11) is 0. The molecule has 2 atom stereocenters. The Morgan fingerprint density at radius 1 is 0.500 bits per heavy atom. The lowest BCUT2D eigenvalue weighted by atomic mass is 9.86. The van der Waals surface area contributed by atoms with E-state index >= 15 is 0 Å². The molecule has 8 aromatic rings.